The third-order valence-corrected chi connectivity index (χ3v) is 4.64. The van der Waals surface area contributed by atoms with Crippen LogP contribution in [0.3, 0.4) is 0 Å². The summed E-state index contributed by atoms with van der Waals surface area (Å²) in [6, 6.07) is 9.26. The number of hydrogen-bond donors (Lipinski definition) is 2. The topological polar surface area (TPSA) is 93.2 Å². The molecule has 0 fully saturated rings. The van der Waals surface area contributed by atoms with Gasteiger partial charge in [0.25, 0.3) is 0 Å². The van der Waals surface area contributed by atoms with Crippen molar-refractivity contribution in [3.8, 4) is 17.3 Å². The van der Waals surface area contributed by atoms with Crippen molar-refractivity contribution in [2.75, 3.05) is 26.8 Å². The molecule has 1 aliphatic rings. The number of aromatic nitrogens is 1. The molecule has 0 atom stereocenters. The molecule has 2 heterocycles. The summed E-state index contributed by atoms with van der Waals surface area (Å²) < 4.78 is 5.03. The Labute approximate surface area is 143 Å². The summed E-state index contributed by atoms with van der Waals surface area (Å²) in [4.78, 5) is 6.31. The number of methoxy groups -OCH3 is 1. The quantitative estimate of drug-likeness (QED) is 0.873. The van der Waals surface area contributed by atoms with Crippen LogP contribution in [-0.2, 0) is 4.74 Å². The third kappa shape index (κ3) is 3.02. The Bertz CT molecular complexity index is 833. The van der Waals surface area contributed by atoms with Crippen LogP contribution in [0.25, 0.3) is 16.8 Å². The smallest absolute Gasteiger partial charge is 0.135 e. The minimum absolute atomic E-state index is 0.164. The number of nitriles is 1. The maximum atomic E-state index is 10.2. The first-order chi connectivity index (χ1) is 11.6. The van der Waals surface area contributed by atoms with Crippen LogP contribution in [0.5, 0.6) is 0 Å². The van der Waals surface area contributed by atoms with Crippen molar-refractivity contribution in [1.82, 2.24) is 9.88 Å². The standard InChI is InChI=1S/C17H16N4O2S/c1-23-7-6-21-9-14(22)15(16(21)19)17-20-13(10-24-17)12-4-2-11(8-18)3-5-12/h2-5,10,19,22H,6-7,9H2,1H3. The second kappa shape index (κ2) is 6.83. The molecule has 1 aromatic carbocycles. The van der Waals surface area contributed by atoms with Crippen molar-refractivity contribution in [3.63, 3.8) is 0 Å². The Morgan fingerprint density at radius 1 is 1.42 bits per heavy atom. The molecule has 2 N–H and O–H groups in total. The van der Waals surface area contributed by atoms with Gasteiger partial charge in [-0.1, -0.05) is 12.1 Å². The van der Waals surface area contributed by atoms with E-state index < -0.39 is 0 Å². The highest BCUT2D eigenvalue weighted by Gasteiger charge is 2.29. The van der Waals surface area contributed by atoms with E-state index >= 15 is 0 Å². The Morgan fingerprint density at radius 3 is 2.83 bits per heavy atom. The fraction of sp³-hybridized carbons (Fsp3) is 0.235. The van der Waals surface area contributed by atoms with E-state index in [1.54, 1.807) is 24.1 Å². The summed E-state index contributed by atoms with van der Waals surface area (Å²) in [5.74, 6) is 0.433. The molecular formula is C17H16N4O2S. The number of hydrogen-bond acceptors (Lipinski definition) is 6. The number of rotatable bonds is 5. The molecule has 0 amide bonds. The molecule has 0 aliphatic carbocycles. The zero-order valence-electron chi connectivity index (χ0n) is 13.1. The monoisotopic (exact) mass is 340 g/mol. The van der Waals surface area contributed by atoms with Gasteiger partial charge in [-0.2, -0.15) is 5.26 Å². The number of nitrogens with one attached hydrogen (secondary N) is 1. The molecule has 122 valence electrons. The van der Waals surface area contributed by atoms with Gasteiger partial charge in [0.15, 0.2) is 0 Å². The van der Waals surface area contributed by atoms with Crippen molar-refractivity contribution < 1.29 is 9.84 Å². The Balaban J connectivity index is 1.83. The first kappa shape index (κ1) is 16.2. The zero-order valence-corrected chi connectivity index (χ0v) is 13.9. The molecule has 1 aromatic heterocycles. The van der Waals surface area contributed by atoms with E-state index in [1.807, 2.05) is 17.5 Å². The molecule has 0 bridgehead atoms. The molecular weight excluding hydrogens is 324 g/mol. The molecule has 1 aliphatic heterocycles. The van der Waals surface area contributed by atoms with E-state index in [1.165, 1.54) is 11.3 Å². The molecule has 2 aromatic rings. The number of aliphatic hydroxyl groups excluding tert-OH is 1. The van der Waals surface area contributed by atoms with Gasteiger partial charge in [-0.05, 0) is 12.1 Å². The van der Waals surface area contributed by atoms with Crippen LogP contribution in [0.15, 0.2) is 35.4 Å². The minimum atomic E-state index is 0.164. The number of ether oxygens (including phenoxy) is 1. The van der Waals surface area contributed by atoms with Gasteiger partial charge in [-0.3, -0.25) is 5.41 Å². The first-order valence-corrected chi connectivity index (χ1v) is 8.23. The lowest BCUT2D eigenvalue weighted by atomic mass is 10.1. The maximum Gasteiger partial charge on any atom is 0.135 e. The predicted octanol–water partition coefficient (Wildman–Crippen LogP) is 2.89. The van der Waals surface area contributed by atoms with E-state index in [0.29, 0.717) is 35.8 Å². The third-order valence-electron chi connectivity index (χ3n) is 3.78. The van der Waals surface area contributed by atoms with Gasteiger partial charge in [0.05, 0.1) is 36.1 Å². The second-order valence-corrected chi connectivity index (χ2v) is 6.17. The molecule has 0 saturated carbocycles. The van der Waals surface area contributed by atoms with Crippen molar-refractivity contribution in [2.45, 2.75) is 0 Å². The number of benzene rings is 1. The molecule has 3 rings (SSSR count). The fourth-order valence-electron chi connectivity index (χ4n) is 2.49. The molecule has 0 spiro atoms. The minimum Gasteiger partial charge on any atom is -0.510 e. The van der Waals surface area contributed by atoms with Crippen LogP contribution in [0.4, 0.5) is 0 Å². The van der Waals surface area contributed by atoms with Gasteiger partial charge in [-0.15, -0.1) is 11.3 Å². The van der Waals surface area contributed by atoms with Crippen molar-refractivity contribution >= 4 is 22.7 Å². The summed E-state index contributed by atoms with van der Waals surface area (Å²) in [6.07, 6.45) is 0. The normalized spacial score (nSPS) is 14.3. The molecule has 0 saturated heterocycles. The second-order valence-electron chi connectivity index (χ2n) is 5.31. The van der Waals surface area contributed by atoms with Gasteiger partial charge in [-0.25, -0.2) is 4.98 Å². The van der Waals surface area contributed by atoms with Crippen LogP contribution in [-0.4, -0.2) is 47.6 Å². The lowest BCUT2D eigenvalue weighted by molar-refractivity contribution is 0.177. The average molecular weight is 340 g/mol. The van der Waals surface area contributed by atoms with Gasteiger partial charge in [0.2, 0.25) is 0 Å². The number of thiazole rings is 1. The van der Waals surface area contributed by atoms with Gasteiger partial charge < -0.3 is 14.7 Å². The van der Waals surface area contributed by atoms with Gasteiger partial charge >= 0.3 is 0 Å². The Morgan fingerprint density at radius 2 is 2.17 bits per heavy atom. The molecule has 6 nitrogen and oxygen atoms in total. The van der Waals surface area contributed by atoms with Crippen LogP contribution < -0.4 is 0 Å². The van der Waals surface area contributed by atoms with Crippen molar-refractivity contribution in [1.29, 1.82) is 10.7 Å². The summed E-state index contributed by atoms with van der Waals surface area (Å²) in [5.41, 5.74) is 2.75. The highest BCUT2D eigenvalue weighted by atomic mass is 32.1. The molecule has 7 heteroatoms. The summed E-state index contributed by atoms with van der Waals surface area (Å²) in [5, 5.41) is 29.8. The molecule has 0 radical (unpaired) electrons. The maximum absolute atomic E-state index is 10.2. The van der Waals surface area contributed by atoms with Crippen LogP contribution in [0.2, 0.25) is 0 Å². The Kier molecular flexibility index (Phi) is 4.60. The molecule has 24 heavy (non-hydrogen) atoms. The van der Waals surface area contributed by atoms with Crippen LogP contribution in [0, 0.1) is 16.7 Å². The average Bonchev–Trinajstić information content (AvgIpc) is 3.18. The van der Waals surface area contributed by atoms with E-state index in [9.17, 15) is 5.11 Å². The predicted molar refractivity (Wildman–Crippen MR) is 93.0 cm³/mol. The number of amidine groups is 1. The summed E-state index contributed by atoms with van der Waals surface area (Å²) in [7, 11) is 1.61. The SMILES string of the molecule is COCCN1CC(O)=C(c2nc(-c3ccc(C#N)cc3)cs2)C1=N. The summed E-state index contributed by atoms with van der Waals surface area (Å²) in [6.45, 7) is 1.36. The number of aliphatic hydroxyl groups is 1. The fourth-order valence-corrected chi connectivity index (χ4v) is 3.38. The van der Waals surface area contributed by atoms with Crippen LogP contribution >= 0.6 is 11.3 Å². The highest BCUT2D eigenvalue weighted by molar-refractivity contribution is 7.11. The molecule has 0 unspecified atom stereocenters. The number of nitrogens with zero attached hydrogens (tertiary/aromatic N) is 3. The lowest BCUT2D eigenvalue weighted by Crippen LogP contribution is -2.29. The van der Waals surface area contributed by atoms with E-state index in [2.05, 4.69) is 11.1 Å². The van der Waals surface area contributed by atoms with Crippen molar-refractivity contribution in [3.05, 3.63) is 46.0 Å². The van der Waals surface area contributed by atoms with E-state index in [0.717, 1.165) is 11.3 Å². The highest BCUT2D eigenvalue weighted by Crippen LogP contribution is 2.32. The van der Waals surface area contributed by atoms with E-state index in [-0.39, 0.29) is 11.6 Å². The van der Waals surface area contributed by atoms with E-state index in [4.69, 9.17) is 15.4 Å². The van der Waals surface area contributed by atoms with Gasteiger partial charge in [0, 0.05) is 24.6 Å². The first-order valence-electron chi connectivity index (χ1n) is 7.35. The van der Waals surface area contributed by atoms with Crippen molar-refractivity contribution in [2.24, 2.45) is 0 Å². The lowest BCUT2D eigenvalue weighted by Gasteiger charge is -2.17. The summed E-state index contributed by atoms with van der Waals surface area (Å²) >= 11 is 1.39. The Hall–Kier alpha value is -2.69. The largest absolute Gasteiger partial charge is 0.510 e. The van der Waals surface area contributed by atoms with Gasteiger partial charge in [0.1, 0.15) is 16.6 Å². The zero-order chi connectivity index (χ0) is 17.1. The van der Waals surface area contributed by atoms with Crippen LogP contribution in [0.1, 0.15) is 10.6 Å².